The van der Waals surface area contributed by atoms with Crippen LogP contribution in [0.5, 0.6) is 0 Å². The highest BCUT2D eigenvalue weighted by Crippen LogP contribution is 2.23. The molecule has 8 heteroatoms. The summed E-state index contributed by atoms with van der Waals surface area (Å²) in [7, 11) is -3.69. The highest BCUT2D eigenvalue weighted by molar-refractivity contribution is 9.10. The maximum Gasteiger partial charge on any atom is 0.244 e. The van der Waals surface area contributed by atoms with Crippen LogP contribution >= 0.6 is 15.9 Å². The molecule has 0 saturated heterocycles. The fraction of sp³-hybridized carbons (Fsp3) is 0.176. The number of hydrogen-bond acceptors (Lipinski definition) is 5. The van der Waals surface area contributed by atoms with E-state index in [1.807, 2.05) is 31.2 Å². The second-order valence-corrected chi connectivity index (χ2v) is 8.20. The fourth-order valence-corrected chi connectivity index (χ4v) is 3.77. The Morgan fingerprint density at radius 2 is 1.80 bits per heavy atom. The molecule has 1 heterocycles. The lowest BCUT2D eigenvalue weighted by Crippen LogP contribution is -2.27. The summed E-state index contributed by atoms with van der Waals surface area (Å²) >= 11 is 3.28. The maximum absolute atomic E-state index is 12.4. The van der Waals surface area contributed by atoms with E-state index in [0.717, 1.165) is 15.6 Å². The highest BCUT2D eigenvalue weighted by atomic mass is 79.9. The molecule has 1 atom stereocenters. The van der Waals surface area contributed by atoms with Crippen LogP contribution in [0.15, 0.2) is 62.4 Å². The summed E-state index contributed by atoms with van der Waals surface area (Å²) in [6.45, 7) is 3.61. The van der Waals surface area contributed by atoms with Gasteiger partial charge >= 0.3 is 0 Å². The number of halogens is 1. The molecule has 130 valence electrons. The zero-order valence-corrected chi connectivity index (χ0v) is 16.0. The summed E-state index contributed by atoms with van der Waals surface area (Å²) in [4.78, 5) is 4.49. The second kappa shape index (κ2) is 7.07. The molecule has 0 bridgehead atoms. The molecule has 3 rings (SSSR count). The van der Waals surface area contributed by atoms with Crippen molar-refractivity contribution in [2.75, 3.05) is 0 Å². The number of aromatic nitrogens is 2. The van der Waals surface area contributed by atoms with Gasteiger partial charge in [0.25, 0.3) is 0 Å². The van der Waals surface area contributed by atoms with Gasteiger partial charge in [-0.2, -0.15) is 9.71 Å². The summed E-state index contributed by atoms with van der Waals surface area (Å²) in [6.07, 6.45) is 0. The van der Waals surface area contributed by atoms with Crippen molar-refractivity contribution in [2.24, 2.45) is 0 Å². The Labute approximate surface area is 154 Å². The predicted molar refractivity (Wildman–Crippen MR) is 97.3 cm³/mol. The average molecular weight is 422 g/mol. The Morgan fingerprint density at radius 3 is 2.48 bits per heavy atom. The topological polar surface area (TPSA) is 85.1 Å². The molecule has 6 nitrogen and oxygen atoms in total. The smallest absolute Gasteiger partial charge is 0.244 e. The first-order valence-electron chi connectivity index (χ1n) is 7.54. The quantitative estimate of drug-likeness (QED) is 0.675. The molecular formula is C17H16BrN3O3S. The van der Waals surface area contributed by atoms with Crippen molar-refractivity contribution in [2.45, 2.75) is 24.8 Å². The van der Waals surface area contributed by atoms with Crippen LogP contribution in [0.25, 0.3) is 11.4 Å². The van der Waals surface area contributed by atoms with Crippen molar-refractivity contribution in [3.05, 3.63) is 64.5 Å². The lowest BCUT2D eigenvalue weighted by molar-refractivity contribution is 0.354. The molecule has 1 N–H and O–H groups in total. The van der Waals surface area contributed by atoms with Gasteiger partial charge in [0.05, 0.1) is 10.9 Å². The van der Waals surface area contributed by atoms with Crippen LogP contribution in [0.2, 0.25) is 0 Å². The van der Waals surface area contributed by atoms with Gasteiger partial charge in [0.1, 0.15) is 0 Å². The van der Waals surface area contributed by atoms with Crippen LogP contribution in [-0.2, 0) is 10.0 Å². The van der Waals surface area contributed by atoms with E-state index in [9.17, 15) is 8.42 Å². The Morgan fingerprint density at radius 1 is 1.12 bits per heavy atom. The number of benzene rings is 2. The van der Waals surface area contributed by atoms with Gasteiger partial charge in [0, 0.05) is 10.0 Å². The molecule has 3 aromatic rings. The van der Waals surface area contributed by atoms with Crippen LogP contribution in [0.3, 0.4) is 0 Å². The highest BCUT2D eigenvalue weighted by Gasteiger charge is 2.23. The molecule has 0 aliphatic rings. The van der Waals surface area contributed by atoms with Gasteiger partial charge < -0.3 is 4.52 Å². The minimum absolute atomic E-state index is 0.168. The molecule has 0 aliphatic carbocycles. The molecule has 25 heavy (non-hydrogen) atoms. The minimum atomic E-state index is -3.69. The van der Waals surface area contributed by atoms with E-state index in [1.54, 1.807) is 19.1 Å². The molecule has 0 unspecified atom stereocenters. The van der Waals surface area contributed by atoms with Crippen molar-refractivity contribution in [1.82, 2.24) is 14.9 Å². The van der Waals surface area contributed by atoms with Crippen molar-refractivity contribution >= 4 is 26.0 Å². The Bertz CT molecular complexity index is 984. The molecule has 1 aromatic heterocycles. The van der Waals surface area contributed by atoms with Crippen molar-refractivity contribution in [3.8, 4) is 11.4 Å². The summed E-state index contributed by atoms with van der Waals surface area (Å²) in [5.41, 5.74) is 1.86. The lowest BCUT2D eigenvalue weighted by atomic mass is 10.1. The molecule has 0 radical (unpaired) electrons. The largest absolute Gasteiger partial charge is 0.337 e. The van der Waals surface area contributed by atoms with E-state index in [0.29, 0.717) is 5.82 Å². The van der Waals surface area contributed by atoms with Crippen molar-refractivity contribution in [1.29, 1.82) is 0 Å². The van der Waals surface area contributed by atoms with Crippen LogP contribution in [0.1, 0.15) is 24.4 Å². The van der Waals surface area contributed by atoms with E-state index in [2.05, 4.69) is 30.8 Å². The summed E-state index contributed by atoms with van der Waals surface area (Å²) < 4.78 is 33.5. The molecule has 0 amide bonds. The van der Waals surface area contributed by atoms with Gasteiger partial charge in [-0.05, 0) is 43.7 Å². The molecule has 0 spiro atoms. The van der Waals surface area contributed by atoms with Crippen molar-refractivity contribution < 1.29 is 12.9 Å². The van der Waals surface area contributed by atoms with E-state index in [4.69, 9.17) is 4.52 Å². The number of nitrogens with one attached hydrogen (secondary N) is 1. The summed E-state index contributed by atoms with van der Waals surface area (Å²) in [6, 6.07) is 13.4. The first-order chi connectivity index (χ1) is 11.9. The first-order valence-corrected chi connectivity index (χ1v) is 9.82. The number of aryl methyl sites for hydroxylation is 1. The van der Waals surface area contributed by atoms with E-state index in [-0.39, 0.29) is 10.8 Å². The zero-order valence-electron chi connectivity index (χ0n) is 13.6. The lowest BCUT2D eigenvalue weighted by Gasteiger charge is -2.10. The normalized spacial score (nSPS) is 12.9. The Hall–Kier alpha value is -2.03. The van der Waals surface area contributed by atoms with Gasteiger partial charge in [-0.15, -0.1) is 0 Å². The van der Waals surface area contributed by atoms with Crippen molar-refractivity contribution in [3.63, 3.8) is 0 Å². The molecule has 0 fully saturated rings. The fourth-order valence-electron chi connectivity index (χ4n) is 2.31. The Balaban J connectivity index is 1.81. The van der Waals surface area contributed by atoms with Gasteiger partial charge in [0.2, 0.25) is 21.7 Å². The van der Waals surface area contributed by atoms with Crippen LogP contribution in [-0.4, -0.2) is 18.6 Å². The predicted octanol–water partition coefficient (Wildman–Crippen LogP) is 3.85. The van der Waals surface area contributed by atoms with Gasteiger partial charge in [-0.25, -0.2) is 8.42 Å². The average Bonchev–Trinajstić information content (AvgIpc) is 3.05. The third-order valence-corrected chi connectivity index (χ3v) is 5.74. The number of hydrogen-bond donors (Lipinski definition) is 1. The molecule has 2 aromatic carbocycles. The van der Waals surface area contributed by atoms with E-state index in [1.165, 1.54) is 12.1 Å². The van der Waals surface area contributed by atoms with E-state index >= 15 is 0 Å². The number of nitrogens with zero attached hydrogens (tertiary/aromatic N) is 2. The molecular weight excluding hydrogens is 406 g/mol. The van der Waals surface area contributed by atoms with Gasteiger partial charge in [-0.1, -0.05) is 45.4 Å². The van der Waals surface area contributed by atoms with Crippen LogP contribution in [0, 0.1) is 6.92 Å². The van der Waals surface area contributed by atoms with Gasteiger partial charge in [-0.3, -0.25) is 0 Å². The summed E-state index contributed by atoms with van der Waals surface area (Å²) in [5.74, 6) is 0.640. The number of sulfonamides is 1. The molecule has 0 saturated carbocycles. The first kappa shape index (κ1) is 17.8. The standard InChI is InChI=1S/C17H16BrN3O3S/c1-11-5-3-4-6-15(11)16-19-17(24-20-16)12(2)21-25(22,23)14-9-7-13(18)8-10-14/h3-10,12,21H,1-2H3/t12-/m1/s1. The summed E-state index contributed by atoms with van der Waals surface area (Å²) in [5, 5.41) is 3.96. The third kappa shape index (κ3) is 3.97. The zero-order chi connectivity index (χ0) is 18.0. The van der Waals surface area contributed by atoms with Gasteiger partial charge in [0.15, 0.2) is 0 Å². The second-order valence-electron chi connectivity index (χ2n) is 5.57. The van der Waals surface area contributed by atoms with E-state index < -0.39 is 16.1 Å². The monoisotopic (exact) mass is 421 g/mol. The molecule has 0 aliphatic heterocycles. The maximum atomic E-state index is 12.4. The minimum Gasteiger partial charge on any atom is -0.337 e. The SMILES string of the molecule is Cc1ccccc1-c1noc([C@@H](C)NS(=O)(=O)c2ccc(Br)cc2)n1. The number of rotatable bonds is 5. The van der Waals surface area contributed by atoms with Crippen LogP contribution < -0.4 is 4.72 Å². The third-order valence-electron chi connectivity index (χ3n) is 3.65. The Kier molecular flexibility index (Phi) is 5.03. The van der Waals surface area contributed by atoms with Crippen LogP contribution in [0.4, 0.5) is 0 Å².